The van der Waals surface area contributed by atoms with E-state index >= 15 is 4.39 Å². The topological polar surface area (TPSA) is 163 Å². The van der Waals surface area contributed by atoms with Gasteiger partial charge in [-0.2, -0.15) is 23.1 Å². The van der Waals surface area contributed by atoms with Crippen molar-refractivity contribution in [3.63, 3.8) is 0 Å². The molecule has 200 valence electrons. The van der Waals surface area contributed by atoms with Crippen LogP contribution in [0.15, 0.2) is 30.6 Å². The lowest BCUT2D eigenvalue weighted by molar-refractivity contribution is -0.188. The summed E-state index contributed by atoms with van der Waals surface area (Å²) in [5.74, 6) is -3.90. The van der Waals surface area contributed by atoms with E-state index in [0.29, 0.717) is 12.1 Å². The van der Waals surface area contributed by atoms with Crippen LogP contribution >= 0.6 is 11.6 Å². The van der Waals surface area contributed by atoms with Gasteiger partial charge < -0.3 is 25.4 Å². The molecule has 0 aliphatic rings. The summed E-state index contributed by atoms with van der Waals surface area (Å²) in [5, 5.41) is 19.1. The molecule has 0 amide bonds. The zero-order chi connectivity index (χ0) is 27.5. The number of carbonyl (C=O) groups is 2. The van der Waals surface area contributed by atoms with Gasteiger partial charge in [-0.05, 0) is 29.3 Å². The van der Waals surface area contributed by atoms with E-state index in [1.807, 2.05) is 0 Å². The minimum Gasteiger partial charge on any atom is -0.479 e. The lowest BCUT2D eigenvalue weighted by atomic mass is 9.93. The van der Waals surface area contributed by atoms with Crippen LogP contribution in [0.3, 0.4) is 0 Å². The molecule has 0 aliphatic heterocycles. The highest BCUT2D eigenvalue weighted by Gasteiger charge is 2.49. The molecule has 11 nitrogen and oxygen atoms in total. The van der Waals surface area contributed by atoms with Gasteiger partial charge in [0.05, 0.1) is 24.6 Å². The van der Waals surface area contributed by atoms with Crippen LogP contribution in [-0.4, -0.2) is 67.1 Å². The molecule has 3 rings (SSSR count). The largest absolute Gasteiger partial charge is 0.479 e. The molecule has 0 saturated heterocycles. The molecule has 2 aromatic heterocycles. The lowest BCUT2D eigenvalue weighted by Crippen LogP contribution is -2.52. The zero-order valence-electron chi connectivity index (χ0n) is 18.9. The fourth-order valence-electron chi connectivity index (χ4n) is 3.43. The van der Waals surface area contributed by atoms with Gasteiger partial charge in [-0.3, -0.25) is 4.57 Å². The third-order valence-electron chi connectivity index (χ3n) is 5.45. The van der Waals surface area contributed by atoms with Gasteiger partial charge in [0.2, 0.25) is 5.28 Å². The van der Waals surface area contributed by atoms with E-state index in [-0.39, 0.29) is 27.8 Å². The number of alkyl halides is 4. The number of carboxylic acid groups (broad SMARTS) is 2. The molecule has 1 aromatic carbocycles. The van der Waals surface area contributed by atoms with Gasteiger partial charge in [-0.25, -0.2) is 19.0 Å². The highest BCUT2D eigenvalue weighted by molar-refractivity contribution is 6.28. The summed E-state index contributed by atoms with van der Waals surface area (Å²) in [6.45, 7) is -0.694. The second-order valence-corrected chi connectivity index (χ2v) is 8.19. The van der Waals surface area contributed by atoms with Gasteiger partial charge in [-0.1, -0.05) is 12.1 Å². The number of rotatable bonds is 11. The van der Waals surface area contributed by atoms with E-state index in [0.717, 1.165) is 23.0 Å². The highest BCUT2D eigenvalue weighted by atomic mass is 35.5. The Labute approximate surface area is 210 Å². The van der Waals surface area contributed by atoms with Gasteiger partial charge >= 0.3 is 18.1 Å². The second-order valence-electron chi connectivity index (χ2n) is 7.85. The van der Waals surface area contributed by atoms with Crippen molar-refractivity contribution in [3.8, 4) is 0 Å². The number of anilines is 1. The number of halogens is 5. The number of methoxy groups -OCH3 is 1. The predicted molar refractivity (Wildman–Crippen MR) is 119 cm³/mol. The molecule has 4 N–H and O–H groups in total. The predicted octanol–water partition coefficient (Wildman–Crippen LogP) is 3.12. The maximum atomic E-state index is 15.1. The van der Waals surface area contributed by atoms with E-state index in [1.165, 1.54) is 7.11 Å². The number of carboxylic acids is 2. The number of aromatic nitrogens is 4. The van der Waals surface area contributed by atoms with Crippen molar-refractivity contribution in [2.75, 3.05) is 19.5 Å². The highest BCUT2D eigenvalue weighted by Crippen LogP contribution is 2.31. The quantitative estimate of drug-likeness (QED) is 0.184. The van der Waals surface area contributed by atoms with E-state index in [9.17, 15) is 33.0 Å². The van der Waals surface area contributed by atoms with Crippen LogP contribution in [0.25, 0.3) is 11.2 Å². The van der Waals surface area contributed by atoms with Crippen molar-refractivity contribution in [3.05, 3.63) is 47.0 Å². The zero-order valence-corrected chi connectivity index (χ0v) is 19.7. The summed E-state index contributed by atoms with van der Waals surface area (Å²) in [6.07, 6.45) is -7.83. The molecule has 0 saturated carbocycles. The van der Waals surface area contributed by atoms with Crippen LogP contribution in [0.2, 0.25) is 5.28 Å². The molecule has 16 heteroatoms. The molecule has 0 radical (unpaired) electrons. The van der Waals surface area contributed by atoms with Crippen LogP contribution in [0.4, 0.5) is 23.4 Å². The fourth-order valence-corrected chi connectivity index (χ4v) is 3.60. The average molecular weight is 550 g/mol. The molecule has 2 atom stereocenters. The number of fused-ring (bicyclic) bond motifs is 1. The number of benzene rings is 1. The summed E-state index contributed by atoms with van der Waals surface area (Å²) >= 11 is 5.77. The van der Waals surface area contributed by atoms with Crippen molar-refractivity contribution < 1.29 is 46.8 Å². The Morgan fingerprint density at radius 1 is 1.16 bits per heavy atom. The van der Waals surface area contributed by atoms with E-state index < -0.39 is 61.1 Å². The molecule has 0 bridgehead atoms. The van der Waals surface area contributed by atoms with Gasteiger partial charge in [0.15, 0.2) is 17.8 Å². The van der Waals surface area contributed by atoms with Crippen LogP contribution < -0.4 is 5.73 Å². The monoisotopic (exact) mass is 549 g/mol. The molecule has 3 aromatic rings. The van der Waals surface area contributed by atoms with Crippen LogP contribution in [0.5, 0.6) is 0 Å². The van der Waals surface area contributed by atoms with Gasteiger partial charge in [0.25, 0.3) is 5.60 Å². The number of hydrogen-bond donors (Lipinski definition) is 3. The first-order valence-corrected chi connectivity index (χ1v) is 10.8. The van der Waals surface area contributed by atoms with Crippen molar-refractivity contribution in [2.24, 2.45) is 0 Å². The van der Waals surface area contributed by atoms with E-state index in [2.05, 4.69) is 15.0 Å². The third-order valence-corrected chi connectivity index (χ3v) is 5.62. The molecular formula is C21H20ClF4N5O6. The molecule has 2 unspecified atom stereocenters. The Bertz CT molecular complexity index is 1270. The third kappa shape index (κ3) is 6.06. The Balaban J connectivity index is 1.78. The number of ether oxygens (including phenoxy) is 2. The number of nitrogen functional groups attached to an aromatic ring is 1. The van der Waals surface area contributed by atoms with Gasteiger partial charge in [0.1, 0.15) is 5.52 Å². The van der Waals surface area contributed by atoms with E-state index in [4.69, 9.17) is 26.8 Å². The molecule has 0 aliphatic carbocycles. The maximum Gasteiger partial charge on any atom is 0.416 e. The van der Waals surface area contributed by atoms with Crippen LogP contribution in [0, 0.1) is 0 Å². The summed E-state index contributed by atoms with van der Waals surface area (Å²) in [6, 6.07) is 3.27. The second kappa shape index (κ2) is 10.8. The minimum atomic E-state index is -4.63. The Hall–Kier alpha value is -3.56. The molecule has 2 heterocycles. The summed E-state index contributed by atoms with van der Waals surface area (Å²) in [4.78, 5) is 35.5. The number of nitrogens with zero attached hydrogens (tertiary/aromatic N) is 4. The smallest absolute Gasteiger partial charge is 0.416 e. The first-order chi connectivity index (χ1) is 17.3. The maximum absolute atomic E-state index is 15.1. The molecule has 0 spiro atoms. The first-order valence-electron chi connectivity index (χ1n) is 10.4. The number of hydrogen-bond acceptors (Lipinski definition) is 8. The first kappa shape index (κ1) is 28.0. The summed E-state index contributed by atoms with van der Waals surface area (Å²) < 4.78 is 64.9. The minimum absolute atomic E-state index is 0.0199. The van der Waals surface area contributed by atoms with Crippen LogP contribution in [0.1, 0.15) is 23.8 Å². The number of imidazole rings is 1. The Morgan fingerprint density at radius 2 is 1.78 bits per heavy atom. The Kier molecular flexibility index (Phi) is 8.19. The SMILES string of the molecule is COC(COC(Cc1ccc(C(F)(F)F)cc1)(C(=O)O)C(=O)O)CC(F)n1cnc2c(N)nc(Cl)nc21. The Morgan fingerprint density at radius 3 is 2.32 bits per heavy atom. The normalized spacial score (nSPS) is 14.0. The van der Waals surface area contributed by atoms with Gasteiger partial charge in [-0.15, -0.1) is 0 Å². The molecular weight excluding hydrogens is 530 g/mol. The van der Waals surface area contributed by atoms with Crippen molar-refractivity contribution in [1.29, 1.82) is 0 Å². The molecule has 37 heavy (non-hydrogen) atoms. The van der Waals surface area contributed by atoms with Crippen LogP contribution in [-0.2, 0) is 31.7 Å². The van der Waals surface area contributed by atoms with Gasteiger partial charge in [0, 0.05) is 20.0 Å². The number of nitrogens with two attached hydrogens (primary N) is 1. The lowest BCUT2D eigenvalue weighted by Gasteiger charge is -2.28. The number of aliphatic carboxylic acids is 2. The average Bonchev–Trinajstić information content (AvgIpc) is 3.24. The van der Waals surface area contributed by atoms with Crippen molar-refractivity contribution in [2.45, 2.75) is 37.0 Å². The van der Waals surface area contributed by atoms with Crippen molar-refractivity contribution >= 4 is 40.5 Å². The molecule has 0 fully saturated rings. The van der Waals surface area contributed by atoms with E-state index in [1.54, 1.807) is 0 Å². The fraction of sp³-hybridized carbons (Fsp3) is 0.381. The summed E-state index contributed by atoms with van der Waals surface area (Å²) in [7, 11) is 1.17. The summed E-state index contributed by atoms with van der Waals surface area (Å²) in [5.41, 5.74) is 1.83. The van der Waals surface area contributed by atoms with Crippen molar-refractivity contribution in [1.82, 2.24) is 19.5 Å². The standard InChI is InChI=1S/C21H20ClF4N5O6/c1-36-12(6-13(23)31-9-28-14-15(27)29-19(22)30-16(14)31)8-37-20(17(32)33,18(34)35)7-10-2-4-11(5-3-10)21(24,25)26/h2-5,9,12-13H,6-8H2,1H3,(H,32,33)(H,34,35)(H2,27,29,30).